The van der Waals surface area contributed by atoms with Crippen molar-refractivity contribution in [3.05, 3.63) is 47.0 Å². The Morgan fingerprint density at radius 3 is 2.57 bits per heavy atom. The molecular formula is C19H19ClN2O6. The smallest absolute Gasteiger partial charge is 0.279 e. The molecule has 2 aromatic rings. The van der Waals surface area contributed by atoms with Crippen LogP contribution in [0.25, 0.3) is 0 Å². The topological polar surface area (TPSA) is 95.1 Å². The molecule has 1 aliphatic rings. The summed E-state index contributed by atoms with van der Waals surface area (Å²) in [6.45, 7) is 4.06. The number of ether oxygens (including phenoxy) is 4. The number of nitrogens with one attached hydrogen (secondary N) is 2. The van der Waals surface area contributed by atoms with Gasteiger partial charge in [-0.05, 0) is 50.2 Å². The van der Waals surface area contributed by atoms with Gasteiger partial charge in [-0.3, -0.25) is 20.4 Å². The quantitative estimate of drug-likeness (QED) is 0.716. The van der Waals surface area contributed by atoms with Gasteiger partial charge in [-0.2, -0.15) is 0 Å². The zero-order valence-electron chi connectivity index (χ0n) is 15.3. The van der Waals surface area contributed by atoms with Crippen molar-refractivity contribution < 1.29 is 28.5 Å². The van der Waals surface area contributed by atoms with E-state index in [0.29, 0.717) is 29.6 Å². The first-order valence-corrected chi connectivity index (χ1v) is 8.94. The number of benzene rings is 2. The number of carbonyl (C=O) groups excluding carboxylic acids is 2. The second kappa shape index (κ2) is 8.71. The standard InChI is InChI=1S/C19H19ClN2O6/c1-3-25-13-4-6-14(7-5-13)28-11(2)18(23)21-22-19(24)12-8-15(20)17-16(9-12)26-10-27-17/h4-9,11H,3,10H2,1-2H3,(H,21,23)(H,22,24)/t11-/m0/s1. The average Bonchev–Trinajstić information content (AvgIpc) is 3.17. The van der Waals surface area contributed by atoms with Crippen LogP contribution in [0.5, 0.6) is 23.0 Å². The molecule has 0 aromatic heterocycles. The van der Waals surface area contributed by atoms with Crippen molar-refractivity contribution in [2.24, 2.45) is 0 Å². The molecule has 2 N–H and O–H groups in total. The molecule has 8 nitrogen and oxygen atoms in total. The van der Waals surface area contributed by atoms with E-state index in [9.17, 15) is 9.59 Å². The van der Waals surface area contributed by atoms with Crippen LogP contribution in [-0.2, 0) is 4.79 Å². The largest absolute Gasteiger partial charge is 0.494 e. The molecule has 0 unspecified atom stereocenters. The lowest BCUT2D eigenvalue weighted by atomic mass is 10.2. The summed E-state index contributed by atoms with van der Waals surface area (Å²) in [6.07, 6.45) is -0.835. The van der Waals surface area contributed by atoms with Crippen molar-refractivity contribution in [3.8, 4) is 23.0 Å². The van der Waals surface area contributed by atoms with Gasteiger partial charge in [0.1, 0.15) is 11.5 Å². The maximum absolute atomic E-state index is 12.2. The Bertz CT molecular complexity index is 871. The molecule has 1 heterocycles. The van der Waals surface area contributed by atoms with E-state index in [0.717, 1.165) is 0 Å². The zero-order chi connectivity index (χ0) is 20.1. The molecule has 28 heavy (non-hydrogen) atoms. The number of fused-ring (bicyclic) bond motifs is 1. The van der Waals surface area contributed by atoms with Crippen LogP contribution in [0.3, 0.4) is 0 Å². The first kappa shape index (κ1) is 19.6. The fourth-order valence-electron chi connectivity index (χ4n) is 2.43. The highest BCUT2D eigenvalue weighted by atomic mass is 35.5. The number of rotatable bonds is 6. The summed E-state index contributed by atoms with van der Waals surface area (Å²) in [6, 6.07) is 9.79. The number of halogens is 1. The minimum absolute atomic E-state index is 0.0390. The molecule has 0 fully saturated rings. The van der Waals surface area contributed by atoms with Crippen molar-refractivity contribution in [2.75, 3.05) is 13.4 Å². The number of hydrogen-bond acceptors (Lipinski definition) is 6. The number of amides is 2. The summed E-state index contributed by atoms with van der Waals surface area (Å²) in [7, 11) is 0. The van der Waals surface area contributed by atoms with Crippen molar-refractivity contribution in [1.29, 1.82) is 0 Å². The van der Waals surface area contributed by atoms with Gasteiger partial charge in [0.05, 0.1) is 11.6 Å². The first-order valence-electron chi connectivity index (χ1n) is 8.56. The summed E-state index contributed by atoms with van der Waals surface area (Å²) in [4.78, 5) is 24.4. The van der Waals surface area contributed by atoms with Crippen LogP contribution >= 0.6 is 11.6 Å². The van der Waals surface area contributed by atoms with Gasteiger partial charge in [0.15, 0.2) is 17.6 Å². The second-order valence-corrected chi connectivity index (χ2v) is 6.21. The maximum Gasteiger partial charge on any atom is 0.279 e. The number of hydrogen-bond donors (Lipinski definition) is 2. The van der Waals surface area contributed by atoms with E-state index in [1.165, 1.54) is 12.1 Å². The van der Waals surface area contributed by atoms with Gasteiger partial charge in [-0.25, -0.2) is 0 Å². The molecule has 0 aliphatic carbocycles. The summed E-state index contributed by atoms with van der Waals surface area (Å²) in [5, 5.41) is 0.249. The third-order valence-electron chi connectivity index (χ3n) is 3.81. The second-order valence-electron chi connectivity index (χ2n) is 5.80. The molecule has 3 rings (SSSR count). The Labute approximate surface area is 166 Å². The molecule has 0 saturated heterocycles. The molecule has 0 radical (unpaired) electrons. The van der Waals surface area contributed by atoms with Gasteiger partial charge < -0.3 is 18.9 Å². The molecule has 148 valence electrons. The fraction of sp³-hybridized carbons (Fsp3) is 0.263. The SMILES string of the molecule is CCOc1ccc(O[C@@H](C)C(=O)NNC(=O)c2cc(Cl)c3c(c2)OCO3)cc1. The van der Waals surface area contributed by atoms with Gasteiger partial charge >= 0.3 is 0 Å². The summed E-state index contributed by atoms with van der Waals surface area (Å²) in [5.41, 5.74) is 4.85. The lowest BCUT2D eigenvalue weighted by molar-refractivity contribution is -0.128. The predicted octanol–water partition coefficient (Wildman–Crippen LogP) is 2.70. The normalized spacial score (nSPS) is 12.8. The predicted molar refractivity (Wildman–Crippen MR) is 101 cm³/mol. The highest BCUT2D eigenvalue weighted by molar-refractivity contribution is 6.32. The molecular weight excluding hydrogens is 388 g/mol. The maximum atomic E-state index is 12.2. The number of carbonyl (C=O) groups is 2. The molecule has 1 atom stereocenters. The molecule has 0 bridgehead atoms. The van der Waals surface area contributed by atoms with Gasteiger partial charge in [0.25, 0.3) is 11.8 Å². The van der Waals surface area contributed by atoms with Gasteiger partial charge in [0.2, 0.25) is 6.79 Å². The third kappa shape index (κ3) is 4.58. The van der Waals surface area contributed by atoms with E-state index in [1.807, 2.05) is 6.92 Å². The summed E-state index contributed by atoms with van der Waals surface area (Å²) >= 11 is 6.05. The van der Waals surface area contributed by atoms with Crippen LogP contribution in [0.15, 0.2) is 36.4 Å². The average molecular weight is 407 g/mol. The van der Waals surface area contributed by atoms with Gasteiger partial charge in [-0.1, -0.05) is 11.6 Å². The summed E-state index contributed by atoms with van der Waals surface area (Å²) < 4.78 is 21.3. The zero-order valence-corrected chi connectivity index (χ0v) is 16.0. The van der Waals surface area contributed by atoms with Crippen molar-refractivity contribution >= 4 is 23.4 Å². The van der Waals surface area contributed by atoms with Crippen LogP contribution in [0.4, 0.5) is 0 Å². The van der Waals surface area contributed by atoms with Crippen molar-refractivity contribution in [3.63, 3.8) is 0 Å². The monoisotopic (exact) mass is 406 g/mol. The van der Waals surface area contributed by atoms with E-state index < -0.39 is 17.9 Å². The fourth-order valence-corrected chi connectivity index (χ4v) is 2.69. The van der Waals surface area contributed by atoms with E-state index in [2.05, 4.69) is 10.9 Å². The van der Waals surface area contributed by atoms with Crippen LogP contribution in [-0.4, -0.2) is 31.3 Å². The lowest BCUT2D eigenvalue weighted by Gasteiger charge is -2.15. The molecule has 0 saturated carbocycles. The molecule has 9 heteroatoms. The van der Waals surface area contributed by atoms with E-state index in [1.54, 1.807) is 31.2 Å². The third-order valence-corrected chi connectivity index (χ3v) is 4.09. The first-order chi connectivity index (χ1) is 13.5. The molecule has 2 amide bonds. The highest BCUT2D eigenvalue weighted by Crippen LogP contribution is 2.39. The Morgan fingerprint density at radius 1 is 1.14 bits per heavy atom. The van der Waals surface area contributed by atoms with E-state index in [-0.39, 0.29) is 17.4 Å². The van der Waals surface area contributed by atoms with Crippen molar-refractivity contribution in [2.45, 2.75) is 20.0 Å². The van der Waals surface area contributed by atoms with Crippen LogP contribution < -0.4 is 29.8 Å². The molecule has 0 spiro atoms. The van der Waals surface area contributed by atoms with Crippen LogP contribution in [0.2, 0.25) is 5.02 Å². The summed E-state index contributed by atoms with van der Waals surface area (Å²) in [5.74, 6) is 0.897. The lowest BCUT2D eigenvalue weighted by Crippen LogP contribution is -2.47. The van der Waals surface area contributed by atoms with Crippen molar-refractivity contribution in [1.82, 2.24) is 10.9 Å². The Kier molecular flexibility index (Phi) is 6.10. The van der Waals surface area contributed by atoms with E-state index in [4.69, 9.17) is 30.5 Å². The minimum atomic E-state index is -0.835. The number of hydrazine groups is 1. The Morgan fingerprint density at radius 2 is 1.86 bits per heavy atom. The van der Waals surface area contributed by atoms with E-state index >= 15 is 0 Å². The van der Waals surface area contributed by atoms with Gasteiger partial charge in [0, 0.05) is 5.56 Å². The van der Waals surface area contributed by atoms with Gasteiger partial charge in [-0.15, -0.1) is 0 Å². The Hall–Kier alpha value is -3.13. The highest BCUT2D eigenvalue weighted by Gasteiger charge is 2.21. The molecule has 2 aromatic carbocycles. The Balaban J connectivity index is 1.53. The molecule has 1 aliphatic heterocycles. The van der Waals surface area contributed by atoms with Crippen LogP contribution in [0.1, 0.15) is 24.2 Å². The minimum Gasteiger partial charge on any atom is -0.494 e. The van der Waals surface area contributed by atoms with Crippen LogP contribution in [0, 0.1) is 0 Å².